The van der Waals surface area contributed by atoms with Crippen molar-refractivity contribution in [3.8, 4) is 5.75 Å². The summed E-state index contributed by atoms with van der Waals surface area (Å²) in [6.07, 6.45) is -1.58. The molecular weight excluding hydrogens is 867 g/mol. The van der Waals surface area contributed by atoms with Gasteiger partial charge in [0.2, 0.25) is 5.60 Å². The van der Waals surface area contributed by atoms with E-state index in [0.717, 1.165) is 12.7 Å². The number of nitrogen functional groups attached to an aromatic ring is 1. The molecule has 0 aliphatic carbocycles. The molecule has 20 nitrogen and oxygen atoms in total. The van der Waals surface area contributed by atoms with E-state index in [1.54, 1.807) is 90.1 Å². The lowest BCUT2D eigenvalue weighted by Gasteiger charge is -2.38. The molecule has 2 aromatic heterocycles. The van der Waals surface area contributed by atoms with Crippen LogP contribution in [-0.4, -0.2) is 94.8 Å². The smallest absolute Gasteiger partial charge is 0.459 e. The Balaban J connectivity index is 1.43. The molecule has 21 heteroatoms. The maximum Gasteiger partial charge on any atom is 0.459 e. The number of anilines is 1. The van der Waals surface area contributed by atoms with E-state index in [-0.39, 0.29) is 36.9 Å². The van der Waals surface area contributed by atoms with Crippen molar-refractivity contribution >= 4 is 49.1 Å². The number of aromatic nitrogens is 3. The molecule has 3 heterocycles. The molecule has 1 saturated heterocycles. The summed E-state index contributed by atoms with van der Waals surface area (Å²) >= 11 is 0. The molecule has 0 radical (unpaired) electrons. The largest absolute Gasteiger partial charge is 0.468 e. The minimum absolute atomic E-state index is 0.00407. The van der Waals surface area contributed by atoms with Gasteiger partial charge in [-0.05, 0) is 63.1 Å². The number of ether oxygens (including phenoxy) is 6. The van der Waals surface area contributed by atoms with Gasteiger partial charge in [0.1, 0.15) is 41.9 Å². The number of methoxy groups -OCH3 is 1. The highest BCUT2D eigenvalue weighted by Gasteiger charge is 2.64. The Kier molecular flexibility index (Phi) is 16.3. The van der Waals surface area contributed by atoms with Crippen molar-refractivity contribution < 1.29 is 66.0 Å². The second kappa shape index (κ2) is 21.3. The zero-order valence-electron chi connectivity index (χ0n) is 37.8. The topological polar surface area (TPSA) is 257 Å². The van der Waals surface area contributed by atoms with Gasteiger partial charge in [-0.15, -0.1) is 0 Å². The third kappa shape index (κ3) is 12.4. The first-order chi connectivity index (χ1) is 30.7. The summed E-state index contributed by atoms with van der Waals surface area (Å²) in [5, 5.41) is 9.50. The lowest BCUT2D eigenvalue weighted by molar-refractivity contribution is -0.193. The number of amides is 1. The van der Waals surface area contributed by atoms with Gasteiger partial charge in [0.15, 0.2) is 11.9 Å². The van der Waals surface area contributed by atoms with Gasteiger partial charge in [-0.2, -0.15) is 10.2 Å². The SMILES string of the molecule is COC(=O)[C@H](C)NP(=O)(OC[C@@]1(C)OC[C@](OC(=O)C(C)C)(c2ccc3c(N)ncnn23)[C@@H]1OC(=O)C(C)C)Oc1ccc(C[C@H](NC(=O)OCc2ccccc2)C(=O)OC(C)C)cc1. The van der Waals surface area contributed by atoms with Gasteiger partial charge in [-0.3, -0.25) is 18.9 Å². The summed E-state index contributed by atoms with van der Waals surface area (Å²) < 4.78 is 62.6. The minimum Gasteiger partial charge on any atom is -0.468 e. The predicted molar refractivity (Wildman–Crippen MR) is 233 cm³/mol. The highest BCUT2D eigenvalue weighted by Crippen LogP contribution is 2.51. The number of nitrogens with two attached hydrogens (primary N) is 1. The van der Waals surface area contributed by atoms with Crippen molar-refractivity contribution in [1.29, 1.82) is 0 Å². The number of alkyl carbamates (subject to hydrolysis) is 1. The van der Waals surface area contributed by atoms with E-state index < -0.39 is 91.7 Å². The van der Waals surface area contributed by atoms with E-state index in [9.17, 15) is 28.5 Å². The summed E-state index contributed by atoms with van der Waals surface area (Å²) in [7, 11) is -3.48. The van der Waals surface area contributed by atoms with Crippen LogP contribution in [0.5, 0.6) is 5.75 Å². The first-order valence-electron chi connectivity index (χ1n) is 20.9. The van der Waals surface area contributed by atoms with Crippen LogP contribution in [0.1, 0.15) is 72.2 Å². The van der Waals surface area contributed by atoms with Gasteiger partial charge < -0.3 is 44.0 Å². The second-order valence-electron chi connectivity index (χ2n) is 16.5. The third-order valence-electron chi connectivity index (χ3n) is 10.1. The van der Waals surface area contributed by atoms with Gasteiger partial charge in [0.05, 0.1) is 44.0 Å². The molecule has 1 unspecified atom stereocenters. The average Bonchev–Trinajstić information content (AvgIpc) is 3.82. The molecule has 65 heavy (non-hydrogen) atoms. The molecule has 4 aromatic rings. The highest BCUT2D eigenvalue weighted by molar-refractivity contribution is 7.52. The van der Waals surface area contributed by atoms with E-state index in [4.69, 9.17) is 43.2 Å². The highest BCUT2D eigenvalue weighted by atomic mass is 31.2. The predicted octanol–water partition coefficient (Wildman–Crippen LogP) is 5.21. The summed E-state index contributed by atoms with van der Waals surface area (Å²) in [6.45, 7) is 11.7. The van der Waals surface area contributed by atoms with Crippen molar-refractivity contribution in [2.24, 2.45) is 11.8 Å². The summed E-state index contributed by atoms with van der Waals surface area (Å²) in [5.41, 5.74) is 4.47. The van der Waals surface area contributed by atoms with Crippen molar-refractivity contribution in [1.82, 2.24) is 25.0 Å². The van der Waals surface area contributed by atoms with Gasteiger partial charge in [-0.25, -0.2) is 23.7 Å². The van der Waals surface area contributed by atoms with E-state index in [1.165, 1.54) is 36.8 Å². The molecular formula is C44H57N6O14P. The Hall–Kier alpha value is -6.08. The van der Waals surface area contributed by atoms with Crippen LogP contribution in [0.3, 0.4) is 0 Å². The Morgan fingerprint density at radius 2 is 1.57 bits per heavy atom. The quantitative estimate of drug-likeness (QED) is 0.0584. The number of carbonyl (C=O) groups is 5. The van der Waals surface area contributed by atoms with Crippen LogP contribution >= 0.6 is 7.75 Å². The monoisotopic (exact) mass is 924 g/mol. The van der Waals surface area contributed by atoms with Gasteiger partial charge in [-0.1, -0.05) is 70.2 Å². The fourth-order valence-electron chi connectivity index (χ4n) is 6.67. The average molecular weight is 925 g/mol. The molecule has 0 bridgehead atoms. The van der Waals surface area contributed by atoms with Crippen molar-refractivity contribution in [3.63, 3.8) is 0 Å². The number of fused-ring (bicyclic) bond motifs is 1. The van der Waals surface area contributed by atoms with Crippen LogP contribution in [-0.2, 0) is 75.3 Å². The fourth-order valence-corrected chi connectivity index (χ4v) is 8.25. The van der Waals surface area contributed by atoms with Gasteiger partial charge >= 0.3 is 37.7 Å². The van der Waals surface area contributed by atoms with Crippen LogP contribution in [0.4, 0.5) is 10.6 Å². The van der Waals surface area contributed by atoms with Crippen molar-refractivity contribution in [2.75, 3.05) is 26.1 Å². The standard InChI is InChI=1S/C44H57N6O14P/c1-26(2)37(51)62-41-43(8,59-24-44(41,63-38(52)27(3)4)35-20-19-34-36(45)46-25-47-50(34)35)23-60-65(56,49-29(7)39(53)57-9)64-32-17-15-30(16-18-32)21-33(40(54)61-28(5)6)48-42(55)58-22-31-13-11-10-12-14-31/h10-20,25-29,33,41H,21-24H2,1-9H3,(H,48,55)(H,49,56)(H2,45,46,47)/t29-,33-,41+,43+,44-,65?/m0/s1. The number of benzene rings is 2. The molecule has 4 N–H and O–H groups in total. The maximum atomic E-state index is 14.8. The van der Waals surface area contributed by atoms with E-state index in [2.05, 4.69) is 20.5 Å². The second-order valence-corrected chi connectivity index (χ2v) is 18.2. The van der Waals surface area contributed by atoms with E-state index in [0.29, 0.717) is 11.1 Å². The number of nitrogens with zero attached hydrogens (tertiary/aromatic N) is 3. The Labute approximate surface area is 376 Å². The Morgan fingerprint density at radius 1 is 0.892 bits per heavy atom. The molecule has 1 aliphatic heterocycles. The molecule has 6 atom stereocenters. The Bertz CT molecular complexity index is 2360. The normalized spacial score (nSPS) is 20.2. The maximum absolute atomic E-state index is 14.8. The number of rotatable bonds is 20. The van der Waals surface area contributed by atoms with Crippen LogP contribution in [0.2, 0.25) is 0 Å². The van der Waals surface area contributed by atoms with Crippen molar-refractivity contribution in [2.45, 2.75) is 104 Å². The Morgan fingerprint density at radius 3 is 2.20 bits per heavy atom. The number of carbonyl (C=O) groups excluding carboxylic acids is 5. The van der Waals surface area contributed by atoms with Crippen LogP contribution in [0.25, 0.3) is 5.52 Å². The summed E-state index contributed by atoms with van der Waals surface area (Å²) in [5.74, 6) is -3.99. The van der Waals surface area contributed by atoms with Gasteiger partial charge in [0.25, 0.3) is 0 Å². The van der Waals surface area contributed by atoms with Gasteiger partial charge in [0, 0.05) is 6.42 Å². The zero-order valence-corrected chi connectivity index (χ0v) is 38.7. The number of nitrogens with one attached hydrogen (secondary N) is 2. The first-order valence-corrected chi connectivity index (χ1v) is 22.5. The molecule has 0 saturated carbocycles. The first kappa shape index (κ1) is 49.9. The van der Waals surface area contributed by atoms with E-state index >= 15 is 0 Å². The molecule has 5 rings (SSSR count). The lowest BCUT2D eigenvalue weighted by atomic mass is 9.85. The molecule has 352 valence electrons. The number of hydrogen-bond acceptors (Lipinski definition) is 17. The lowest BCUT2D eigenvalue weighted by Crippen LogP contribution is -2.55. The molecule has 1 amide bonds. The molecule has 2 aromatic carbocycles. The molecule has 1 aliphatic rings. The van der Waals surface area contributed by atoms with Crippen LogP contribution < -0.4 is 20.7 Å². The fraction of sp³-hybridized carbons (Fsp3) is 0.477. The van der Waals surface area contributed by atoms with Crippen molar-refractivity contribution in [3.05, 3.63) is 89.9 Å². The zero-order chi connectivity index (χ0) is 47.7. The molecule has 1 fully saturated rings. The number of hydrogen-bond donors (Lipinski definition) is 3. The van der Waals surface area contributed by atoms with Crippen LogP contribution in [0, 0.1) is 11.8 Å². The minimum atomic E-state index is -4.63. The number of esters is 4. The molecule has 0 spiro atoms. The summed E-state index contributed by atoms with van der Waals surface area (Å²) in [6, 6.07) is 15.9. The third-order valence-corrected chi connectivity index (χ3v) is 11.8. The van der Waals surface area contributed by atoms with E-state index in [1.807, 2.05) is 6.07 Å². The van der Waals surface area contributed by atoms with Crippen LogP contribution in [0.15, 0.2) is 73.1 Å². The summed E-state index contributed by atoms with van der Waals surface area (Å²) in [4.78, 5) is 69.5.